The largest absolute Gasteiger partial charge is 0.363 e. The zero-order chi connectivity index (χ0) is 13.8. The number of aromatic nitrogens is 3. The molecule has 0 saturated heterocycles. The number of imidazole rings is 1. The maximum absolute atomic E-state index is 11.5. The Morgan fingerprint density at radius 3 is 2.95 bits per heavy atom. The second kappa shape index (κ2) is 5.30. The van der Waals surface area contributed by atoms with Crippen molar-refractivity contribution < 1.29 is 4.79 Å². The highest BCUT2D eigenvalue weighted by molar-refractivity contribution is 5.95. The molecule has 0 aliphatic rings. The number of hydrogen-bond donors (Lipinski definition) is 1. The van der Waals surface area contributed by atoms with Crippen molar-refractivity contribution in [1.29, 1.82) is 0 Å². The van der Waals surface area contributed by atoms with Gasteiger partial charge in [-0.25, -0.2) is 9.97 Å². The van der Waals surface area contributed by atoms with Crippen LogP contribution in [0.25, 0.3) is 16.9 Å². The lowest BCUT2D eigenvalue weighted by atomic mass is 10.3. The molecule has 0 spiro atoms. The fourth-order valence-electron chi connectivity index (χ4n) is 1.79. The molecule has 0 unspecified atom stereocenters. The van der Waals surface area contributed by atoms with Gasteiger partial charge in [0, 0.05) is 11.9 Å². The zero-order valence-electron chi connectivity index (χ0n) is 10.6. The normalized spacial score (nSPS) is 12.2. The highest BCUT2D eigenvalue weighted by atomic mass is 16.1. The second-order valence-electron chi connectivity index (χ2n) is 3.79. The van der Waals surface area contributed by atoms with Gasteiger partial charge in [0.05, 0.1) is 0 Å². The van der Waals surface area contributed by atoms with E-state index in [1.54, 1.807) is 35.0 Å². The van der Waals surface area contributed by atoms with Crippen molar-refractivity contribution in [2.24, 2.45) is 5.73 Å². The molecule has 5 heteroatoms. The van der Waals surface area contributed by atoms with E-state index in [1.165, 1.54) is 0 Å². The highest BCUT2D eigenvalue weighted by Crippen LogP contribution is 2.19. The van der Waals surface area contributed by atoms with Gasteiger partial charge in [0.15, 0.2) is 5.65 Å². The fourth-order valence-corrected chi connectivity index (χ4v) is 1.79. The van der Waals surface area contributed by atoms with Crippen molar-refractivity contribution in [2.75, 3.05) is 0 Å². The van der Waals surface area contributed by atoms with Crippen LogP contribution in [0.1, 0.15) is 17.5 Å². The van der Waals surface area contributed by atoms with E-state index in [1.807, 2.05) is 19.1 Å². The Hall–Kier alpha value is -2.69. The van der Waals surface area contributed by atoms with Crippen molar-refractivity contribution in [3.8, 4) is 0 Å². The zero-order valence-corrected chi connectivity index (χ0v) is 10.6. The number of nitrogens with zero attached hydrogens (tertiary/aromatic N) is 3. The molecule has 0 atom stereocenters. The molecule has 5 nitrogen and oxygen atoms in total. The van der Waals surface area contributed by atoms with Gasteiger partial charge >= 0.3 is 0 Å². The number of carbonyl (C=O) groups is 1. The van der Waals surface area contributed by atoms with Crippen LogP contribution in [0.2, 0.25) is 0 Å². The van der Waals surface area contributed by atoms with Gasteiger partial charge in [-0.1, -0.05) is 24.8 Å². The third-order valence-electron chi connectivity index (χ3n) is 2.59. The van der Waals surface area contributed by atoms with Gasteiger partial charge in [-0.15, -0.1) is 0 Å². The molecule has 2 aromatic heterocycles. The van der Waals surface area contributed by atoms with Crippen LogP contribution in [0.3, 0.4) is 0 Å². The number of rotatable bonds is 4. The fraction of sp³-hybridized carbons (Fsp3) is 0.0714. The van der Waals surface area contributed by atoms with Gasteiger partial charge in [-0.2, -0.15) is 0 Å². The highest BCUT2D eigenvalue weighted by Gasteiger charge is 2.17. The summed E-state index contributed by atoms with van der Waals surface area (Å²) in [6, 6.07) is 3.55. The molecule has 0 bridgehead atoms. The summed E-state index contributed by atoms with van der Waals surface area (Å²) in [7, 11) is 0. The molecule has 96 valence electrons. The number of nitrogens with two attached hydrogens (primary N) is 1. The number of primary amides is 1. The van der Waals surface area contributed by atoms with E-state index in [9.17, 15) is 4.79 Å². The van der Waals surface area contributed by atoms with Crippen molar-refractivity contribution in [3.63, 3.8) is 0 Å². The summed E-state index contributed by atoms with van der Waals surface area (Å²) in [6.45, 7) is 5.49. The van der Waals surface area contributed by atoms with Crippen LogP contribution in [-0.2, 0) is 0 Å². The lowest BCUT2D eigenvalue weighted by Gasteiger charge is -2.06. The van der Waals surface area contributed by atoms with Crippen LogP contribution in [0, 0.1) is 0 Å². The van der Waals surface area contributed by atoms with Crippen LogP contribution in [0.15, 0.2) is 49.2 Å². The maximum atomic E-state index is 11.5. The van der Waals surface area contributed by atoms with E-state index in [0.29, 0.717) is 11.2 Å². The lowest BCUT2D eigenvalue weighted by molar-refractivity contribution is 0.0989. The van der Waals surface area contributed by atoms with Crippen molar-refractivity contribution in [3.05, 3.63) is 55.0 Å². The minimum absolute atomic E-state index is 0.163. The Kier molecular flexibility index (Phi) is 3.56. The van der Waals surface area contributed by atoms with E-state index in [4.69, 9.17) is 5.73 Å². The predicted molar refractivity (Wildman–Crippen MR) is 75.3 cm³/mol. The molecule has 0 radical (unpaired) electrons. The summed E-state index contributed by atoms with van der Waals surface area (Å²) >= 11 is 0. The van der Waals surface area contributed by atoms with Gasteiger partial charge in [-0.05, 0) is 25.1 Å². The Bertz CT molecular complexity index is 695. The number of fused-ring (bicyclic) bond motifs is 1. The third-order valence-corrected chi connectivity index (χ3v) is 2.59. The van der Waals surface area contributed by atoms with E-state index < -0.39 is 5.91 Å². The topological polar surface area (TPSA) is 73.8 Å². The van der Waals surface area contributed by atoms with Gasteiger partial charge in [-0.3, -0.25) is 9.36 Å². The Labute approximate surface area is 110 Å². The molecule has 1 amide bonds. The number of carbonyl (C=O) groups excluding carboxylic acids is 1. The lowest BCUT2D eigenvalue weighted by Crippen LogP contribution is -2.17. The van der Waals surface area contributed by atoms with Gasteiger partial charge in [0.1, 0.15) is 5.52 Å². The first-order chi connectivity index (χ1) is 9.19. The van der Waals surface area contributed by atoms with Gasteiger partial charge < -0.3 is 5.73 Å². The van der Waals surface area contributed by atoms with E-state index in [2.05, 4.69) is 16.5 Å². The molecule has 2 rings (SSSR count). The summed E-state index contributed by atoms with van der Waals surface area (Å²) in [5, 5.41) is 0. The van der Waals surface area contributed by atoms with Crippen LogP contribution < -0.4 is 5.73 Å². The molecule has 0 aliphatic carbocycles. The summed E-state index contributed by atoms with van der Waals surface area (Å²) in [6.07, 6.45) is 8.74. The van der Waals surface area contributed by atoms with Gasteiger partial charge in [0.25, 0.3) is 5.91 Å². The van der Waals surface area contributed by atoms with Crippen molar-refractivity contribution in [2.45, 2.75) is 6.92 Å². The van der Waals surface area contributed by atoms with Crippen LogP contribution >= 0.6 is 0 Å². The maximum Gasteiger partial charge on any atom is 0.285 e. The molecule has 19 heavy (non-hydrogen) atoms. The molecule has 2 N–H and O–H groups in total. The standard InChI is InChI=1S/C14H14N4O/c1-3-5-7-10(4-2)18-13-11(8-6-9-16-13)17-14(18)12(15)19/h3-9H,1H2,2H3,(H2,15,19)/b7-5-,10-4+. The second-order valence-corrected chi connectivity index (χ2v) is 3.79. The molecular weight excluding hydrogens is 240 g/mol. The average molecular weight is 254 g/mol. The van der Waals surface area contributed by atoms with E-state index >= 15 is 0 Å². The molecule has 0 saturated carbocycles. The molecule has 2 heterocycles. The summed E-state index contributed by atoms with van der Waals surface area (Å²) in [4.78, 5) is 20.0. The smallest absolute Gasteiger partial charge is 0.285 e. The quantitative estimate of drug-likeness (QED) is 0.849. The average Bonchev–Trinajstić information content (AvgIpc) is 2.80. The molecule has 2 aromatic rings. The summed E-state index contributed by atoms with van der Waals surface area (Å²) in [5.41, 5.74) is 7.36. The van der Waals surface area contributed by atoms with Crippen molar-refractivity contribution >= 4 is 22.8 Å². The molecule has 0 fully saturated rings. The number of hydrogen-bond acceptors (Lipinski definition) is 3. The Morgan fingerprint density at radius 1 is 1.53 bits per heavy atom. The SMILES string of the molecule is C=C/C=C\C(=C/C)n1c(C(N)=O)nc2cccnc21. The Morgan fingerprint density at radius 2 is 2.32 bits per heavy atom. The monoisotopic (exact) mass is 254 g/mol. The first-order valence-corrected chi connectivity index (χ1v) is 5.78. The van der Waals surface area contributed by atoms with Crippen LogP contribution in [0.5, 0.6) is 0 Å². The number of allylic oxidation sites excluding steroid dienone is 5. The molecule has 0 aliphatic heterocycles. The summed E-state index contributed by atoms with van der Waals surface area (Å²) in [5.74, 6) is -0.431. The third kappa shape index (κ3) is 2.30. The first-order valence-electron chi connectivity index (χ1n) is 5.78. The predicted octanol–water partition coefficient (Wildman–Crippen LogP) is 2.13. The number of pyridine rings is 1. The van der Waals surface area contributed by atoms with E-state index in [-0.39, 0.29) is 5.82 Å². The molecule has 0 aromatic carbocycles. The minimum atomic E-state index is -0.593. The minimum Gasteiger partial charge on any atom is -0.363 e. The van der Waals surface area contributed by atoms with Gasteiger partial charge in [0.2, 0.25) is 5.82 Å². The van der Waals surface area contributed by atoms with Crippen LogP contribution in [-0.4, -0.2) is 20.4 Å². The number of amides is 1. The summed E-state index contributed by atoms with van der Waals surface area (Å²) < 4.78 is 1.64. The Balaban J connectivity index is 2.75. The first kappa shape index (κ1) is 12.8. The van der Waals surface area contributed by atoms with Crippen molar-refractivity contribution in [1.82, 2.24) is 14.5 Å². The molecular formula is C14H14N4O. The van der Waals surface area contributed by atoms with E-state index in [0.717, 1.165) is 5.70 Å². The van der Waals surface area contributed by atoms with Crippen LogP contribution in [0.4, 0.5) is 0 Å².